The SMILES string of the molecule is Cc1ccc(C(CNCc2ccc(Br)cc2)N2CCOCC2)o1. The Kier molecular flexibility index (Phi) is 5.89. The first-order chi connectivity index (χ1) is 11.2. The molecule has 0 bridgehead atoms. The molecule has 2 heterocycles. The zero-order valence-electron chi connectivity index (χ0n) is 13.4. The Morgan fingerprint density at radius 2 is 1.87 bits per heavy atom. The third kappa shape index (κ3) is 4.67. The van der Waals surface area contributed by atoms with Crippen LogP contribution in [0.25, 0.3) is 0 Å². The maximum atomic E-state index is 5.89. The van der Waals surface area contributed by atoms with Crippen molar-refractivity contribution in [3.05, 3.63) is 58.0 Å². The van der Waals surface area contributed by atoms with Gasteiger partial charge in [0, 0.05) is 30.7 Å². The third-order valence-electron chi connectivity index (χ3n) is 4.16. The second-order valence-corrected chi connectivity index (χ2v) is 6.79. The summed E-state index contributed by atoms with van der Waals surface area (Å²) < 4.78 is 12.5. The van der Waals surface area contributed by atoms with E-state index in [9.17, 15) is 0 Å². The van der Waals surface area contributed by atoms with Crippen molar-refractivity contribution in [2.75, 3.05) is 32.8 Å². The van der Waals surface area contributed by atoms with E-state index in [4.69, 9.17) is 9.15 Å². The van der Waals surface area contributed by atoms with Gasteiger partial charge in [0.1, 0.15) is 11.5 Å². The van der Waals surface area contributed by atoms with Crippen LogP contribution in [0.5, 0.6) is 0 Å². The molecule has 0 amide bonds. The number of rotatable bonds is 6. The second-order valence-electron chi connectivity index (χ2n) is 5.87. The number of benzene rings is 1. The number of morpholine rings is 1. The van der Waals surface area contributed by atoms with Crippen molar-refractivity contribution in [2.24, 2.45) is 0 Å². The Morgan fingerprint density at radius 1 is 1.13 bits per heavy atom. The van der Waals surface area contributed by atoms with Crippen molar-refractivity contribution >= 4 is 15.9 Å². The molecule has 1 atom stereocenters. The minimum atomic E-state index is 0.253. The van der Waals surface area contributed by atoms with Gasteiger partial charge in [-0.3, -0.25) is 4.90 Å². The Labute approximate surface area is 145 Å². The van der Waals surface area contributed by atoms with Gasteiger partial charge >= 0.3 is 0 Å². The quantitative estimate of drug-likeness (QED) is 0.834. The first kappa shape index (κ1) is 16.7. The summed E-state index contributed by atoms with van der Waals surface area (Å²) in [5.41, 5.74) is 1.28. The fourth-order valence-electron chi connectivity index (χ4n) is 2.89. The molecule has 1 saturated heterocycles. The van der Waals surface area contributed by atoms with Crippen LogP contribution in [0.2, 0.25) is 0 Å². The van der Waals surface area contributed by atoms with Crippen LogP contribution >= 0.6 is 15.9 Å². The predicted octanol–water partition coefficient (Wildman–Crippen LogP) is 3.51. The number of furan rings is 1. The highest BCUT2D eigenvalue weighted by Gasteiger charge is 2.24. The number of ether oxygens (including phenoxy) is 1. The minimum absolute atomic E-state index is 0.253. The van der Waals surface area contributed by atoms with Crippen molar-refractivity contribution < 1.29 is 9.15 Å². The molecule has 23 heavy (non-hydrogen) atoms. The lowest BCUT2D eigenvalue weighted by Crippen LogP contribution is -2.42. The van der Waals surface area contributed by atoms with E-state index in [1.807, 2.05) is 13.0 Å². The van der Waals surface area contributed by atoms with Gasteiger partial charge in [-0.05, 0) is 36.8 Å². The number of halogens is 1. The molecular weight excluding hydrogens is 356 g/mol. The molecule has 1 aliphatic heterocycles. The summed E-state index contributed by atoms with van der Waals surface area (Å²) >= 11 is 3.47. The zero-order chi connectivity index (χ0) is 16.1. The lowest BCUT2D eigenvalue weighted by molar-refractivity contribution is 0.0115. The van der Waals surface area contributed by atoms with Crippen LogP contribution < -0.4 is 5.32 Å². The van der Waals surface area contributed by atoms with Crippen molar-refractivity contribution in [2.45, 2.75) is 19.5 Å². The summed E-state index contributed by atoms with van der Waals surface area (Å²) in [5.74, 6) is 2.00. The lowest BCUT2D eigenvalue weighted by Gasteiger charge is -2.33. The maximum absolute atomic E-state index is 5.89. The summed E-state index contributed by atoms with van der Waals surface area (Å²) in [5, 5.41) is 3.57. The van der Waals surface area contributed by atoms with Crippen molar-refractivity contribution in [3.63, 3.8) is 0 Å². The van der Waals surface area contributed by atoms with E-state index in [1.54, 1.807) is 0 Å². The largest absolute Gasteiger partial charge is 0.465 e. The molecule has 124 valence electrons. The summed E-state index contributed by atoms with van der Waals surface area (Å²) in [7, 11) is 0. The van der Waals surface area contributed by atoms with Crippen LogP contribution in [0.4, 0.5) is 0 Å². The summed E-state index contributed by atoms with van der Waals surface area (Å²) in [6, 6.07) is 12.8. The van der Waals surface area contributed by atoms with E-state index >= 15 is 0 Å². The lowest BCUT2D eigenvalue weighted by atomic mass is 10.1. The Bertz CT molecular complexity index is 606. The molecule has 1 aliphatic rings. The number of hydrogen-bond acceptors (Lipinski definition) is 4. The molecule has 0 radical (unpaired) electrons. The van der Waals surface area contributed by atoms with Gasteiger partial charge in [0.05, 0.1) is 19.3 Å². The topological polar surface area (TPSA) is 37.6 Å². The highest BCUT2D eigenvalue weighted by molar-refractivity contribution is 9.10. The average molecular weight is 379 g/mol. The van der Waals surface area contributed by atoms with Gasteiger partial charge in [0.25, 0.3) is 0 Å². The monoisotopic (exact) mass is 378 g/mol. The molecule has 1 N–H and O–H groups in total. The molecule has 4 nitrogen and oxygen atoms in total. The highest BCUT2D eigenvalue weighted by atomic mass is 79.9. The fraction of sp³-hybridized carbons (Fsp3) is 0.444. The van der Waals surface area contributed by atoms with Gasteiger partial charge in [-0.2, -0.15) is 0 Å². The normalized spacial score (nSPS) is 17.3. The smallest absolute Gasteiger partial charge is 0.122 e. The van der Waals surface area contributed by atoms with Crippen LogP contribution in [-0.2, 0) is 11.3 Å². The van der Waals surface area contributed by atoms with E-state index in [0.29, 0.717) is 0 Å². The van der Waals surface area contributed by atoms with E-state index < -0.39 is 0 Å². The molecule has 0 saturated carbocycles. The van der Waals surface area contributed by atoms with Crippen LogP contribution in [-0.4, -0.2) is 37.7 Å². The van der Waals surface area contributed by atoms with Crippen molar-refractivity contribution in [1.82, 2.24) is 10.2 Å². The first-order valence-electron chi connectivity index (χ1n) is 8.05. The Balaban J connectivity index is 1.62. The van der Waals surface area contributed by atoms with Gasteiger partial charge in [-0.15, -0.1) is 0 Å². The van der Waals surface area contributed by atoms with Crippen molar-refractivity contribution in [3.8, 4) is 0 Å². The van der Waals surface area contributed by atoms with Gasteiger partial charge in [-0.1, -0.05) is 28.1 Å². The Hall–Kier alpha value is -1.14. The number of nitrogens with one attached hydrogen (secondary N) is 1. The Morgan fingerprint density at radius 3 is 2.52 bits per heavy atom. The third-order valence-corrected chi connectivity index (χ3v) is 4.68. The van der Waals surface area contributed by atoms with Crippen LogP contribution in [0.3, 0.4) is 0 Å². The second kappa shape index (κ2) is 8.11. The standard InChI is InChI=1S/C18H23BrN2O2/c1-14-2-7-18(23-14)17(21-8-10-22-11-9-21)13-20-12-15-3-5-16(19)6-4-15/h2-7,17,20H,8-13H2,1H3. The van der Waals surface area contributed by atoms with Crippen molar-refractivity contribution in [1.29, 1.82) is 0 Å². The molecular formula is C18H23BrN2O2. The molecule has 1 aromatic heterocycles. The summed E-state index contributed by atoms with van der Waals surface area (Å²) in [6.07, 6.45) is 0. The number of hydrogen-bond donors (Lipinski definition) is 1. The maximum Gasteiger partial charge on any atom is 0.122 e. The van der Waals surface area contributed by atoms with E-state index in [0.717, 1.165) is 55.4 Å². The summed E-state index contributed by atoms with van der Waals surface area (Å²) in [4.78, 5) is 2.44. The molecule has 1 unspecified atom stereocenters. The molecule has 2 aromatic rings. The van der Waals surface area contributed by atoms with Gasteiger partial charge in [0.2, 0.25) is 0 Å². The van der Waals surface area contributed by atoms with Gasteiger partial charge < -0.3 is 14.5 Å². The van der Waals surface area contributed by atoms with Crippen LogP contribution in [0, 0.1) is 6.92 Å². The van der Waals surface area contributed by atoms with Crippen LogP contribution in [0.1, 0.15) is 23.1 Å². The van der Waals surface area contributed by atoms with Gasteiger partial charge in [-0.25, -0.2) is 0 Å². The molecule has 1 fully saturated rings. The number of nitrogens with zero attached hydrogens (tertiary/aromatic N) is 1. The zero-order valence-corrected chi connectivity index (χ0v) is 15.0. The van der Waals surface area contributed by atoms with Gasteiger partial charge in [0.15, 0.2) is 0 Å². The predicted molar refractivity (Wildman–Crippen MR) is 94.4 cm³/mol. The fourth-order valence-corrected chi connectivity index (χ4v) is 3.15. The van der Waals surface area contributed by atoms with E-state index in [2.05, 4.69) is 56.5 Å². The van der Waals surface area contributed by atoms with E-state index in [1.165, 1.54) is 5.56 Å². The molecule has 3 rings (SSSR count). The van der Waals surface area contributed by atoms with E-state index in [-0.39, 0.29) is 6.04 Å². The first-order valence-corrected chi connectivity index (χ1v) is 8.85. The molecule has 0 spiro atoms. The van der Waals surface area contributed by atoms with Crippen LogP contribution in [0.15, 0.2) is 45.3 Å². The number of aryl methyl sites for hydroxylation is 1. The summed E-state index contributed by atoms with van der Waals surface area (Å²) in [6.45, 7) is 7.20. The molecule has 5 heteroatoms. The molecule has 1 aromatic carbocycles. The minimum Gasteiger partial charge on any atom is -0.465 e. The molecule has 0 aliphatic carbocycles. The highest BCUT2D eigenvalue weighted by Crippen LogP contribution is 2.23. The average Bonchev–Trinajstić information content (AvgIpc) is 3.00.